The monoisotopic (exact) mass is 394 g/mol. The van der Waals surface area contributed by atoms with Gasteiger partial charge in [-0.3, -0.25) is 10.1 Å². The molecular weight excluding hydrogens is 374 g/mol. The number of carbonyl (C=O) groups is 2. The number of carbonyl (C=O) groups excluding carboxylic acids is 2. The number of urea groups is 1. The topological polar surface area (TPSA) is 74.3 Å². The third-order valence-electron chi connectivity index (χ3n) is 4.32. The van der Waals surface area contributed by atoms with Gasteiger partial charge in [-0.05, 0) is 24.1 Å². The number of thiazole rings is 1. The lowest BCUT2D eigenvalue weighted by molar-refractivity contribution is -0.129. The van der Waals surface area contributed by atoms with Crippen LogP contribution in [0.15, 0.2) is 24.4 Å². The summed E-state index contributed by atoms with van der Waals surface area (Å²) >= 11 is 1.27. The van der Waals surface area contributed by atoms with Crippen LogP contribution in [0, 0.1) is 11.6 Å². The molecule has 1 fully saturated rings. The van der Waals surface area contributed by atoms with Crippen molar-refractivity contribution in [2.24, 2.45) is 0 Å². The minimum absolute atomic E-state index is 0.0814. The minimum atomic E-state index is -0.887. The van der Waals surface area contributed by atoms with E-state index in [2.05, 4.69) is 15.6 Å². The molecule has 0 spiro atoms. The molecule has 27 heavy (non-hydrogen) atoms. The van der Waals surface area contributed by atoms with E-state index in [0.717, 1.165) is 23.4 Å². The number of hydrogen-bond acceptors (Lipinski definition) is 4. The zero-order valence-electron chi connectivity index (χ0n) is 14.8. The predicted octanol–water partition coefficient (Wildman–Crippen LogP) is 3.14. The Balaban J connectivity index is 1.51. The second kappa shape index (κ2) is 8.43. The molecule has 1 aliphatic rings. The molecule has 6 nitrogen and oxygen atoms in total. The highest BCUT2D eigenvalue weighted by atomic mass is 32.1. The molecule has 2 N–H and O–H groups in total. The molecule has 2 aromatic rings. The summed E-state index contributed by atoms with van der Waals surface area (Å²) in [7, 11) is 0. The molecule has 0 radical (unpaired) electrons. The normalized spacial score (nSPS) is 16.4. The SMILES string of the molecule is CCC(=O)N1CCC(NC(=O)Nc2ncc(Cc3ccc(F)c(F)c3)s2)C1. The quantitative estimate of drug-likeness (QED) is 0.818. The molecule has 1 aromatic heterocycles. The van der Waals surface area contributed by atoms with Gasteiger partial charge >= 0.3 is 6.03 Å². The third-order valence-corrected chi connectivity index (χ3v) is 5.23. The number of amides is 3. The fraction of sp³-hybridized carbons (Fsp3) is 0.389. The summed E-state index contributed by atoms with van der Waals surface area (Å²) < 4.78 is 26.3. The smallest absolute Gasteiger partial charge is 0.321 e. The first kappa shape index (κ1) is 19.2. The molecule has 0 bridgehead atoms. The fourth-order valence-corrected chi connectivity index (χ4v) is 3.79. The largest absolute Gasteiger partial charge is 0.341 e. The summed E-state index contributed by atoms with van der Waals surface area (Å²) in [5.74, 6) is -1.68. The molecule has 3 amide bonds. The molecule has 2 heterocycles. The van der Waals surface area contributed by atoms with E-state index in [4.69, 9.17) is 0 Å². The number of anilines is 1. The summed E-state index contributed by atoms with van der Waals surface area (Å²) in [5, 5.41) is 5.93. The maximum Gasteiger partial charge on any atom is 0.321 e. The summed E-state index contributed by atoms with van der Waals surface area (Å²) in [5.41, 5.74) is 0.625. The number of nitrogens with zero attached hydrogens (tertiary/aromatic N) is 2. The predicted molar refractivity (Wildman–Crippen MR) is 98.7 cm³/mol. The van der Waals surface area contributed by atoms with E-state index in [0.29, 0.717) is 36.6 Å². The van der Waals surface area contributed by atoms with Gasteiger partial charge in [-0.15, -0.1) is 11.3 Å². The van der Waals surface area contributed by atoms with Gasteiger partial charge in [0.25, 0.3) is 0 Å². The lowest BCUT2D eigenvalue weighted by atomic mass is 10.1. The molecule has 1 unspecified atom stereocenters. The lowest BCUT2D eigenvalue weighted by Gasteiger charge is -2.16. The van der Waals surface area contributed by atoms with Crippen LogP contribution in [-0.2, 0) is 11.2 Å². The Morgan fingerprint density at radius 3 is 2.89 bits per heavy atom. The van der Waals surface area contributed by atoms with Gasteiger partial charge in [0.2, 0.25) is 5.91 Å². The van der Waals surface area contributed by atoms with Crippen LogP contribution in [0.25, 0.3) is 0 Å². The third kappa shape index (κ3) is 5.00. The Labute approximate surface area is 159 Å². The van der Waals surface area contributed by atoms with E-state index in [9.17, 15) is 18.4 Å². The van der Waals surface area contributed by atoms with Gasteiger partial charge in [-0.25, -0.2) is 18.6 Å². The molecule has 1 saturated heterocycles. The number of benzene rings is 1. The van der Waals surface area contributed by atoms with Crippen molar-refractivity contribution in [1.82, 2.24) is 15.2 Å². The van der Waals surface area contributed by atoms with Crippen LogP contribution >= 0.6 is 11.3 Å². The molecule has 0 aliphatic carbocycles. The molecule has 144 valence electrons. The molecule has 3 rings (SSSR count). The van der Waals surface area contributed by atoms with Gasteiger partial charge in [-0.1, -0.05) is 13.0 Å². The Hall–Kier alpha value is -2.55. The standard InChI is InChI=1S/C18H20F2N4O2S/c1-2-16(25)24-6-5-12(10-24)22-17(26)23-18-21-9-13(27-18)7-11-3-4-14(19)15(20)8-11/h3-4,8-9,12H,2,5-7,10H2,1H3,(H2,21,22,23,26). The first-order valence-electron chi connectivity index (χ1n) is 8.68. The van der Waals surface area contributed by atoms with E-state index in [1.807, 2.05) is 6.92 Å². The summed E-state index contributed by atoms with van der Waals surface area (Å²) in [4.78, 5) is 30.5. The van der Waals surface area contributed by atoms with Crippen LogP contribution < -0.4 is 10.6 Å². The van der Waals surface area contributed by atoms with Crippen LogP contribution in [0.2, 0.25) is 0 Å². The Morgan fingerprint density at radius 1 is 1.33 bits per heavy atom. The van der Waals surface area contributed by atoms with Crippen molar-refractivity contribution in [2.45, 2.75) is 32.2 Å². The molecule has 9 heteroatoms. The van der Waals surface area contributed by atoms with E-state index >= 15 is 0 Å². The van der Waals surface area contributed by atoms with Gasteiger partial charge in [0, 0.05) is 43.0 Å². The highest BCUT2D eigenvalue weighted by Crippen LogP contribution is 2.22. The molecule has 0 saturated carbocycles. The highest BCUT2D eigenvalue weighted by molar-refractivity contribution is 7.15. The van der Waals surface area contributed by atoms with Gasteiger partial charge in [0.1, 0.15) is 0 Å². The average molecular weight is 394 g/mol. The summed E-state index contributed by atoms with van der Waals surface area (Å²) in [6.07, 6.45) is 3.17. The highest BCUT2D eigenvalue weighted by Gasteiger charge is 2.26. The van der Waals surface area contributed by atoms with Crippen molar-refractivity contribution < 1.29 is 18.4 Å². The van der Waals surface area contributed by atoms with Crippen LogP contribution in [0.1, 0.15) is 30.2 Å². The maximum absolute atomic E-state index is 13.3. The Bertz CT molecular complexity index is 843. The van der Waals surface area contributed by atoms with Crippen LogP contribution in [-0.4, -0.2) is 41.0 Å². The molecule has 1 atom stereocenters. The number of hydrogen-bond donors (Lipinski definition) is 2. The van der Waals surface area contributed by atoms with Crippen LogP contribution in [0.5, 0.6) is 0 Å². The molecule has 1 aliphatic heterocycles. The number of rotatable bonds is 5. The van der Waals surface area contributed by atoms with Crippen molar-refractivity contribution in [1.29, 1.82) is 0 Å². The van der Waals surface area contributed by atoms with Crippen LogP contribution in [0.3, 0.4) is 0 Å². The van der Waals surface area contributed by atoms with E-state index in [1.165, 1.54) is 17.4 Å². The number of halogens is 2. The van der Waals surface area contributed by atoms with E-state index in [-0.39, 0.29) is 18.0 Å². The van der Waals surface area contributed by atoms with Gasteiger partial charge < -0.3 is 10.2 Å². The first-order valence-corrected chi connectivity index (χ1v) is 9.50. The lowest BCUT2D eigenvalue weighted by Crippen LogP contribution is -2.40. The summed E-state index contributed by atoms with van der Waals surface area (Å²) in [6, 6.07) is 3.30. The first-order chi connectivity index (χ1) is 12.9. The van der Waals surface area contributed by atoms with E-state index < -0.39 is 11.6 Å². The van der Waals surface area contributed by atoms with Crippen molar-refractivity contribution in [2.75, 3.05) is 18.4 Å². The molecular formula is C18H20F2N4O2S. The summed E-state index contributed by atoms with van der Waals surface area (Å²) in [6.45, 7) is 2.97. The number of likely N-dealkylation sites (tertiary alicyclic amines) is 1. The number of aromatic nitrogens is 1. The minimum Gasteiger partial charge on any atom is -0.341 e. The molecule has 1 aromatic carbocycles. The van der Waals surface area contributed by atoms with Crippen molar-refractivity contribution in [3.63, 3.8) is 0 Å². The second-order valence-electron chi connectivity index (χ2n) is 6.33. The second-order valence-corrected chi connectivity index (χ2v) is 7.45. The van der Waals surface area contributed by atoms with E-state index in [1.54, 1.807) is 11.1 Å². The van der Waals surface area contributed by atoms with Crippen molar-refractivity contribution in [3.8, 4) is 0 Å². The van der Waals surface area contributed by atoms with Gasteiger partial charge in [0.15, 0.2) is 16.8 Å². The number of nitrogens with one attached hydrogen (secondary N) is 2. The van der Waals surface area contributed by atoms with Gasteiger partial charge in [-0.2, -0.15) is 0 Å². The Kier molecular flexibility index (Phi) is 6.00. The maximum atomic E-state index is 13.3. The van der Waals surface area contributed by atoms with Crippen LogP contribution in [0.4, 0.5) is 18.7 Å². The average Bonchev–Trinajstić information content (AvgIpc) is 3.27. The van der Waals surface area contributed by atoms with Crippen molar-refractivity contribution >= 4 is 28.4 Å². The van der Waals surface area contributed by atoms with Crippen molar-refractivity contribution in [3.05, 3.63) is 46.5 Å². The fourth-order valence-electron chi connectivity index (χ4n) is 2.94. The Morgan fingerprint density at radius 2 is 2.15 bits per heavy atom. The zero-order chi connectivity index (χ0) is 19.4. The zero-order valence-corrected chi connectivity index (χ0v) is 15.6. The van der Waals surface area contributed by atoms with Gasteiger partial charge in [0.05, 0.1) is 0 Å².